The Balaban J connectivity index is 1.58. The number of hydrogen-bond acceptors (Lipinski definition) is 2. The van der Waals surface area contributed by atoms with Crippen molar-refractivity contribution < 1.29 is 4.79 Å². The molecule has 0 radical (unpaired) electrons. The average Bonchev–Trinajstić information content (AvgIpc) is 2.90. The van der Waals surface area contributed by atoms with E-state index in [0.717, 1.165) is 32.4 Å². The SMILES string of the molecule is O=C(NCC[C@@H]1CCCN1)C1CCCC1. The molecule has 0 bridgehead atoms. The topological polar surface area (TPSA) is 41.1 Å². The summed E-state index contributed by atoms with van der Waals surface area (Å²) >= 11 is 0. The lowest BCUT2D eigenvalue weighted by Gasteiger charge is -2.13. The molecule has 2 fully saturated rings. The summed E-state index contributed by atoms with van der Waals surface area (Å²) in [7, 11) is 0. The highest BCUT2D eigenvalue weighted by Crippen LogP contribution is 2.24. The van der Waals surface area contributed by atoms with Crippen molar-refractivity contribution in [3.8, 4) is 0 Å². The van der Waals surface area contributed by atoms with E-state index in [1.807, 2.05) is 0 Å². The van der Waals surface area contributed by atoms with Gasteiger partial charge >= 0.3 is 0 Å². The van der Waals surface area contributed by atoms with E-state index in [0.29, 0.717) is 17.9 Å². The predicted molar refractivity (Wildman–Crippen MR) is 60.6 cm³/mol. The van der Waals surface area contributed by atoms with Crippen LogP contribution < -0.4 is 10.6 Å². The van der Waals surface area contributed by atoms with Gasteiger partial charge in [0.05, 0.1) is 0 Å². The molecule has 2 N–H and O–H groups in total. The van der Waals surface area contributed by atoms with Gasteiger partial charge in [-0.2, -0.15) is 0 Å². The molecule has 0 spiro atoms. The Hall–Kier alpha value is -0.570. The molecular formula is C12H22N2O. The van der Waals surface area contributed by atoms with Gasteiger partial charge in [0.1, 0.15) is 0 Å². The quantitative estimate of drug-likeness (QED) is 0.737. The van der Waals surface area contributed by atoms with Gasteiger partial charge in [0, 0.05) is 18.5 Å². The molecule has 2 aliphatic rings. The minimum atomic E-state index is 0.297. The average molecular weight is 210 g/mol. The first-order valence-corrected chi connectivity index (χ1v) is 6.37. The van der Waals surface area contributed by atoms with Crippen LogP contribution in [-0.4, -0.2) is 25.0 Å². The van der Waals surface area contributed by atoms with Crippen molar-refractivity contribution in [1.29, 1.82) is 0 Å². The third kappa shape index (κ3) is 3.20. The van der Waals surface area contributed by atoms with Gasteiger partial charge < -0.3 is 10.6 Å². The van der Waals surface area contributed by atoms with E-state index >= 15 is 0 Å². The third-order valence-electron chi connectivity index (χ3n) is 3.68. The summed E-state index contributed by atoms with van der Waals surface area (Å²) in [6.07, 6.45) is 8.35. The van der Waals surface area contributed by atoms with E-state index in [9.17, 15) is 4.79 Å². The molecule has 1 atom stereocenters. The lowest BCUT2D eigenvalue weighted by molar-refractivity contribution is -0.124. The molecule has 1 aliphatic carbocycles. The maximum atomic E-state index is 11.7. The van der Waals surface area contributed by atoms with Gasteiger partial charge in [-0.3, -0.25) is 4.79 Å². The minimum Gasteiger partial charge on any atom is -0.356 e. The first kappa shape index (κ1) is 10.9. The molecular weight excluding hydrogens is 188 g/mol. The number of carbonyl (C=O) groups is 1. The maximum absolute atomic E-state index is 11.7. The summed E-state index contributed by atoms with van der Waals surface area (Å²) in [6, 6.07) is 0.647. The second kappa shape index (κ2) is 5.50. The van der Waals surface area contributed by atoms with Gasteiger partial charge in [0.25, 0.3) is 0 Å². The van der Waals surface area contributed by atoms with Crippen LogP contribution in [0.4, 0.5) is 0 Å². The predicted octanol–water partition coefficient (Wildman–Crippen LogP) is 1.43. The number of carbonyl (C=O) groups excluding carboxylic acids is 1. The second-order valence-electron chi connectivity index (χ2n) is 4.85. The standard InChI is InChI=1S/C12H22N2O/c15-12(10-4-1-2-5-10)14-9-7-11-6-3-8-13-11/h10-11,13H,1-9H2,(H,14,15)/t11-/m0/s1. The van der Waals surface area contributed by atoms with E-state index in [-0.39, 0.29) is 0 Å². The zero-order valence-corrected chi connectivity index (χ0v) is 9.43. The fourth-order valence-corrected chi connectivity index (χ4v) is 2.71. The van der Waals surface area contributed by atoms with Crippen molar-refractivity contribution in [3.63, 3.8) is 0 Å². The molecule has 2 rings (SSSR count). The number of hydrogen-bond donors (Lipinski definition) is 2. The molecule has 15 heavy (non-hydrogen) atoms. The Morgan fingerprint density at radius 3 is 2.67 bits per heavy atom. The molecule has 3 heteroatoms. The van der Waals surface area contributed by atoms with Crippen molar-refractivity contribution in [1.82, 2.24) is 10.6 Å². The van der Waals surface area contributed by atoms with Crippen LogP contribution in [0.25, 0.3) is 0 Å². The van der Waals surface area contributed by atoms with Crippen LogP contribution in [0.5, 0.6) is 0 Å². The number of nitrogens with one attached hydrogen (secondary N) is 2. The largest absolute Gasteiger partial charge is 0.356 e. The number of amides is 1. The molecule has 0 aromatic carbocycles. The summed E-state index contributed by atoms with van der Waals surface area (Å²) in [4.78, 5) is 11.7. The number of rotatable bonds is 4. The van der Waals surface area contributed by atoms with E-state index in [4.69, 9.17) is 0 Å². The third-order valence-corrected chi connectivity index (χ3v) is 3.68. The Labute approximate surface area is 92.0 Å². The normalized spacial score (nSPS) is 27.1. The molecule has 3 nitrogen and oxygen atoms in total. The zero-order valence-electron chi connectivity index (χ0n) is 9.43. The van der Waals surface area contributed by atoms with E-state index < -0.39 is 0 Å². The minimum absolute atomic E-state index is 0.297. The Morgan fingerprint density at radius 1 is 1.20 bits per heavy atom. The lowest BCUT2D eigenvalue weighted by atomic mass is 10.1. The monoisotopic (exact) mass is 210 g/mol. The molecule has 1 saturated carbocycles. The van der Waals surface area contributed by atoms with Gasteiger partial charge in [-0.15, -0.1) is 0 Å². The molecule has 1 heterocycles. The summed E-state index contributed by atoms with van der Waals surface area (Å²) in [5.41, 5.74) is 0. The van der Waals surface area contributed by atoms with Gasteiger partial charge in [0.15, 0.2) is 0 Å². The molecule has 1 aliphatic heterocycles. The summed E-state index contributed by atoms with van der Waals surface area (Å²) in [5.74, 6) is 0.618. The van der Waals surface area contributed by atoms with Gasteiger partial charge in [-0.25, -0.2) is 0 Å². The van der Waals surface area contributed by atoms with Gasteiger partial charge in [-0.05, 0) is 38.6 Å². The van der Waals surface area contributed by atoms with Crippen LogP contribution in [0.1, 0.15) is 44.9 Å². The zero-order chi connectivity index (χ0) is 10.5. The van der Waals surface area contributed by atoms with Crippen molar-refractivity contribution in [2.75, 3.05) is 13.1 Å². The molecule has 0 unspecified atom stereocenters. The van der Waals surface area contributed by atoms with Crippen LogP contribution in [0.15, 0.2) is 0 Å². The molecule has 1 amide bonds. The van der Waals surface area contributed by atoms with Crippen molar-refractivity contribution in [2.24, 2.45) is 5.92 Å². The Morgan fingerprint density at radius 2 is 2.00 bits per heavy atom. The van der Waals surface area contributed by atoms with Crippen molar-refractivity contribution in [3.05, 3.63) is 0 Å². The summed E-state index contributed by atoms with van der Waals surface area (Å²) in [6.45, 7) is 2.01. The highest BCUT2D eigenvalue weighted by Gasteiger charge is 2.22. The van der Waals surface area contributed by atoms with Crippen molar-refractivity contribution in [2.45, 2.75) is 51.0 Å². The molecule has 0 aromatic rings. The van der Waals surface area contributed by atoms with Crippen LogP contribution in [-0.2, 0) is 4.79 Å². The Bertz CT molecular complexity index is 206. The van der Waals surface area contributed by atoms with Gasteiger partial charge in [-0.1, -0.05) is 12.8 Å². The van der Waals surface area contributed by atoms with E-state index in [2.05, 4.69) is 10.6 Å². The van der Waals surface area contributed by atoms with E-state index in [1.165, 1.54) is 25.7 Å². The van der Waals surface area contributed by atoms with Crippen molar-refractivity contribution >= 4 is 5.91 Å². The highest BCUT2D eigenvalue weighted by atomic mass is 16.1. The first-order valence-electron chi connectivity index (χ1n) is 6.37. The van der Waals surface area contributed by atoms with E-state index in [1.54, 1.807) is 0 Å². The molecule has 86 valence electrons. The smallest absolute Gasteiger partial charge is 0.223 e. The molecule has 1 saturated heterocycles. The fourth-order valence-electron chi connectivity index (χ4n) is 2.71. The Kier molecular flexibility index (Phi) is 4.01. The van der Waals surface area contributed by atoms with Crippen LogP contribution >= 0.6 is 0 Å². The lowest BCUT2D eigenvalue weighted by Crippen LogP contribution is -2.33. The van der Waals surface area contributed by atoms with Crippen LogP contribution in [0.2, 0.25) is 0 Å². The fraction of sp³-hybridized carbons (Fsp3) is 0.917. The maximum Gasteiger partial charge on any atom is 0.223 e. The van der Waals surface area contributed by atoms with Gasteiger partial charge in [0.2, 0.25) is 5.91 Å². The summed E-state index contributed by atoms with van der Waals surface area (Å²) in [5, 5.41) is 6.52. The highest BCUT2D eigenvalue weighted by molar-refractivity contribution is 5.78. The first-order chi connectivity index (χ1) is 7.36. The van der Waals surface area contributed by atoms with Crippen LogP contribution in [0, 0.1) is 5.92 Å². The van der Waals surface area contributed by atoms with Crippen LogP contribution in [0.3, 0.4) is 0 Å². The second-order valence-corrected chi connectivity index (χ2v) is 4.85. The molecule has 0 aromatic heterocycles. The summed E-state index contributed by atoms with van der Waals surface area (Å²) < 4.78 is 0.